The predicted molar refractivity (Wildman–Crippen MR) is 133 cm³/mol. The Balaban J connectivity index is 1.62. The van der Waals surface area contributed by atoms with Crippen LogP contribution in [0.5, 0.6) is 5.75 Å². The van der Waals surface area contributed by atoms with Gasteiger partial charge in [0.25, 0.3) is 11.5 Å². The Hall–Kier alpha value is -3.11. The highest BCUT2D eigenvalue weighted by Crippen LogP contribution is 2.52. The number of benzene rings is 2. The Bertz CT molecular complexity index is 1130. The van der Waals surface area contributed by atoms with E-state index in [4.69, 9.17) is 9.47 Å². The first-order valence-electron chi connectivity index (χ1n) is 12.7. The van der Waals surface area contributed by atoms with Gasteiger partial charge in [0.2, 0.25) is 5.91 Å². The molecule has 2 aromatic rings. The molecule has 1 spiro atoms. The van der Waals surface area contributed by atoms with Crippen LogP contribution < -0.4 is 10.1 Å². The van der Waals surface area contributed by atoms with Crippen LogP contribution in [-0.2, 0) is 19.9 Å². The first kappa shape index (κ1) is 27.9. The van der Waals surface area contributed by atoms with Gasteiger partial charge < -0.3 is 24.8 Å². The number of para-hydroxylation sites is 1. The molecular formula is C28H33F3N2O5. The molecule has 2 saturated heterocycles. The number of piperidine rings is 2. The lowest BCUT2D eigenvalue weighted by atomic mass is 9.62. The normalized spacial score (nSPS) is 21.9. The molecule has 0 aliphatic carbocycles. The third-order valence-corrected chi connectivity index (χ3v) is 7.76. The Morgan fingerprint density at radius 3 is 2.37 bits per heavy atom. The molecule has 206 valence electrons. The van der Waals surface area contributed by atoms with Crippen LogP contribution in [0.15, 0.2) is 54.6 Å². The molecule has 2 N–H and O–H groups in total. The summed E-state index contributed by atoms with van der Waals surface area (Å²) in [7, 11) is 0.898. The second-order valence-electron chi connectivity index (χ2n) is 10.1. The molecule has 3 atom stereocenters. The van der Waals surface area contributed by atoms with Crippen molar-refractivity contribution in [1.82, 2.24) is 10.2 Å². The van der Waals surface area contributed by atoms with E-state index in [0.717, 1.165) is 12.7 Å². The topological polar surface area (TPSA) is 88.1 Å². The van der Waals surface area contributed by atoms with E-state index in [9.17, 15) is 27.9 Å². The first-order valence-corrected chi connectivity index (χ1v) is 12.7. The smallest absolute Gasteiger partial charge is 0.430 e. The van der Waals surface area contributed by atoms with Gasteiger partial charge in [-0.3, -0.25) is 9.59 Å². The number of aliphatic hydroxyl groups excluding tert-OH is 1. The number of alkyl halides is 3. The summed E-state index contributed by atoms with van der Waals surface area (Å²) in [5.74, 6) is -0.876. The Labute approximate surface area is 219 Å². The summed E-state index contributed by atoms with van der Waals surface area (Å²) in [6.07, 6.45) is -4.78. The summed E-state index contributed by atoms with van der Waals surface area (Å²) in [6.45, 7) is 2.16. The summed E-state index contributed by atoms with van der Waals surface area (Å²) in [4.78, 5) is 27.3. The zero-order valence-corrected chi connectivity index (χ0v) is 21.5. The van der Waals surface area contributed by atoms with Gasteiger partial charge in [0.1, 0.15) is 12.4 Å². The highest BCUT2D eigenvalue weighted by Gasteiger charge is 2.64. The number of nitrogens with zero attached hydrogens (tertiary/aromatic N) is 1. The number of carbonyl (C=O) groups is 2. The van der Waals surface area contributed by atoms with Crippen molar-refractivity contribution >= 4 is 11.8 Å². The van der Waals surface area contributed by atoms with E-state index in [-0.39, 0.29) is 43.5 Å². The third-order valence-electron chi connectivity index (χ3n) is 7.76. The van der Waals surface area contributed by atoms with Crippen molar-refractivity contribution in [2.75, 3.05) is 33.4 Å². The molecule has 2 amide bonds. The molecule has 0 aromatic heterocycles. The van der Waals surface area contributed by atoms with E-state index < -0.39 is 29.2 Å². The van der Waals surface area contributed by atoms with Crippen molar-refractivity contribution in [1.29, 1.82) is 0 Å². The molecule has 2 aliphatic rings. The first-order chi connectivity index (χ1) is 18.0. The van der Waals surface area contributed by atoms with E-state index in [0.29, 0.717) is 25.1 Å². The van der Waals surface area contributed by atoms with Crippen LogP contribution >= 0.6 is 0 Å². The summed E-state index contributed by atoms with van der Waals surface area (Å²) < 4.78 is 54.2. The summed E-state index contributed by atoms with van der Waals surface area (Å²) in [5, 5.41) is 12.6. The molecular weight excluding hydrogens is 501 g/mol. The Morgan fingerprint density at radius 1 is 1.13 bits per heavy atom. The largest absolute Gasteiger partial charge is 0.491 e. The number of halogens is 3. The van der Waals surface area contributed by atoms with Crippen LogP contribution in [0.25, 0.3) is 0 Å². The maximum absolute atomic E-state index is 14.5. The van der Waals surface area contributed by atoms with Gasteiger partial charge in [-0.1, -0.05) is 48.5 Å². The maximum Gasteiger partial charge on any atom is 0.430 e. The van der Waals surface area contributed by atoms with Crippen molar-refractivity contribution in [3.05, 3.63) is 65.7 Å². The lowest BCUT2D eigenvalue weighted by Gasteiger charge is -2.50. The number of aliphatic hydroxyl groups is 1. The number of rotatable bonds is 7. The van der Waals surface area contributed by atoms with Crippen LogP contribution in [0.1, 0.15) is 43.2 Å². The molecule has 7 nitrogen and oxygen atoms in total. The standard InChI is InChI=1S/C28H33F3N2O5/c1-19(34)18-38-23-11-7-6-10-21(23)22-17-32-24(35)16-26(22)12-14-33(15-13-26)25(36)27(37-2,28(29,30)31)20-8-4-3-5-9-20/h3-11,19,22,34H,12-18H2,1-2H3,(H,32,35)/t19-,22?,27+/m0/s1. The van der Waals surface area contributed by atoms with E-state index in [1.165, 1.54) is 29.2 Å². The van der Waals surface area contributed by atoms with Gasteiger partial charge in [-0.25, -0.2) is 0 Å². The van der Waals surface area contributed by atoms with Crippen LogP contribution in [0.2, 0.25) is 0 Å². The van der Waals surface area contributed by atoms with Crippen molar-refractivity contribution in [3.8, 4) is 5.75 Å². The highest BCUT2D eigenvalue weighted by molar-refractivity contribution is 5.88. The van der Waals surface area contributed by atoms with E-state index >= 15 is 0 Å². The lowest BCUT2D eigenvalue weighted by molar-refractivity contribution is -0.271. The van der Waals surface area contributed by atoms with Crippen molar-refractivity contribution in [3.63, 3.8) is 0 Å². The Kier molecular flexibility index (Phi) is 8.04. The van der Waals surface area contributed by atoms with Gasteiger partial charge in [-0.05, 0) is 36.8 Å². The molecule has 38 heavy (non-hydrogen) atoms. The molecule has 2 fully saturated rings. The second kappa shape index (κ2) is 10.9. The fraction of sp³-hybridized carbons (Fsp3) is 0.500. The van der Waals surface area contributed by atoms with Gasteiger partial charge >= 0.3 is 6.18 Å². The van der Waals surface area contributed by atoms with Gasteiger partial charge in [0, 0.05) is 44.6 Å². The van der Waals surface area contributed by atoms with Gasteiger partial charge in [0.05, 0.1) is 6.10 Å². The molecule has 1 unspecified atom stereocenters. The minimum Gasteiger partial charge on any atom is -0.491 e. The van der Waals surface area contributed by atoms with Gasteiger partial charge in [-0.15, -0.1) is 0 Å². The molecule has 2 aromatic carbocycles. The molecule has 0 radical (unpaired) electrons. The van der Waals surface area contributed by atoms with Crippen molar-refractivity contribution in [2.45, 2.75) is 50.0 Å². The zero-order chi connectivity index (χ0) is 27.6. The van der Waals surface area contributed by atoms with Crippen LogP contribution in [0.3, 0.4) is 0 Å². The van der Waals surface area contributed by atoms with Gasteiger partial charge in [0.15, 0.2) is 0 Å². The van der Waals surface area contributed by atoms with E-state index in [1.54, 1.807) is 19.1 Å². The number of nitrogens with one attached hydrogen (secondary N) is 1. The molecule has 0 saturated carbocycles. The SMILES string of the molecule is CO[C@@](C(=O)N1CCC2(CC1)CC(=O)NCC2c1ccccc1OC[C@H](C)O)(c1ccccc1)C(F)(F)F. The number of ether oxygens (including phenoxy) is 2. The minimum atomic E-state index is -4.98. The fourth-order valence-electron chi connectivity index (χ4n) is 5.79. The zero-order valence-electron chi connectivity index (χ0n) is 21.5. The number of amides is 2. The van der Waals surface area contributed by atoms with E-state index in [1.807, 2.05) is 18.2 Å². The summed E-state index contributed by atoms with van der Waals surface area (Å²) in [6, 6.07) is 14.3. The van der Waals surface area contributed by atoms with E-state index in [2.05, 4.69) is 5.32 Å². The highest BCUT2D eigenvalue weighted by atomic mass is 19.4. The van der Waals surface area contributed by atoms with Crippen LogP contribution in [0.4, 0.5) is 13.2 Å². The molecule has 2 aliphatic heterocycles. The number of hydrogen-bond acceptors (Lipinski definition) is 5. The fourth-order valence-corrected chi connectivity index (χ4v) is 5.79. The number of carbonyl (C=O) groups excluding carboxylic acids is 2. The number of hydrogen-bond donors (Lipinski definition) is 2. The molecule has 0 bridgehead atoms. The summed E-state index contributed by atoms with van der Waals surface area (Å²) >= 11 is 0. The van der Waals surface area contributed by atoms with Crippen molar-refractivity contribution in [2.24, 2.45) is 5.41 Å². The summed E-state index contributed by atoms with van der Waals surface area (Å²) in [5.41, 5.74) is -3.11. The third kappa shape index (κ3) is 5.11. The van der Waals surface area contributed by atoms with Crippen LogP contribution in [-0.4, -0.2) is 67.5 Å². The molecule has 4 rings (SSSR count). The lowest BCUT2D eigenvalue weighted by Crippen LogP contribution is -2.60. The predicted octanol–water partition coefficient (Wildman–Crippen LogP) is 3.76. The maximum atomic E-state index is 14.5. The molecule has 2 heterocycles. The van der Waals surface area contributed by atoms with Crippen molar-refractivity contribution < 1.29 is 37.3 Å². The monoisotopic (exact) mass is 534 g/mol. The number of likely N-dealkylation sites (tertiary alicyclic amines) is 1. The van der Waals surface area contributed by atoms with Crippen LogP contribution in [0, 0.1) is 5.41 Å². The molecule has 10 heteroatoms. The second-order valence-corrected chi connectivity index (χ2v) is 10.1. The average molecular weight is 535 g/mol. The average Bonchev–Trinajstić information content (AvgIpc) is 2.89. The number of methoxy groups -OCH3 is 1. The Morgan fingerprint density at radius 2 is 1.76 bits per heavy atom. The minimum absolute atomic E-state index is 0.0489. The van der Waals surface area contributed by atoms with Gasteiger partial charge in [-0.2, -0.15) is 13.2 Å². The quantitative estimate of drug-likeness (QED) is 0.565.